The molecule has 0 aromatic heterocycles. The van der Waals surface area contributed by atoms with E-state index < -0.39 is 0 Å². The van der Waals surface area contributed by atoms with E-state index in [1.54, 1.807) is 18.2 Å². The van der Waals surface area contributed by atoms with Gasteiger partial charge in [-0.25, -0.2) is 4.57 Å². The SMILES string of the molecule is COc1ccccc1OP=O. The van der Waals surface area contributed by atoms with Crippen molar-refractivity contribution in [3.05, 3.63) is 24.3 Å². The zero-order chi connectivity index (χ0) is 8.10. The van der Waals surface area contributed by atoms with E-state index in [2.05, 4.69) is 0 Å². The Morgan fingerprint density at radius 2 is 1.91 bits per heavy atom. The van der Waals surface area contributed by atoms with E-state index in [0.29, 0.717) is 11.5 Å². The van der Waals surface area contributed by atoms with Gasteiger partial charge in [0.05, 0.1) is 7.11 Å². The quantitative estimate of drug-likeness (QED) is 0.652. The standard InChI is InChI=1S/C7H7O3P/c1-9-6-4-2-3-5-7(6)10-11-8/h2-5H,1H3. The van der Waals surface area contributed by atoms with Gasteiger partial charge in [-0.15, -0.1) is 0 Å². The molecule has 1 aromatic carbocycles. The second kappa shape index (κ2) is 3.94. The normalized spacial score (nSPS) is 9.55. The Bertz CT molecular complexity index is 249. The van der Waals surface area contributed by atoms with Crippen LogP contribution in [-0.4, -0.2) is 7.11 Å². The van der Waals surface area contributed by atoms with Gasteiger partial charge in [0.2, 0.25) is 0 Å². The summed E-state index contributed by atoms with van der Waals surface area (Å²) < 4.78 is 19.7. The minimum absolute atomic E-state index is 0.371. The molecule has 0 heterocycles. The second-order valence-corrected chi connectivity index (χ2v) is 2.15. The van der Waals surface area contributed by atoms with Crippen molar-refractivity contribution in [1.29, 1.82) is 0 Å². The highest BCUT2D eigenvalue weighted by Crippen LogP contribution is 2.27. The molecule has 11 heavy (non-hydrogen) atoms. The molecule has 0 atom stereocenters. The molecular weight excluding hydrogens is 163 g/mol. The summed E-state index contributed by atoms with van der Waals surface area (Å²) in [6.07, 6.45) is 0. The van der Waals surface area contributed by atoms with Crippen molar-refractivity contribution in [2.45, 2.75) is 0 Å². The molecule has 58 valence electrons. The lowest BCUT2D eigenvalue weighted by molar-refractivity contribution is 0.395. The van der Waals surface area contributed by atoms with Crippen LogP contribution in [0.1, 0.15) is 0 Å². The average Bonchev–Trinajstić information content (AvgIpc) is 2.06. The van der Waals surface area contributed by atoms with Crippen LogP contribution >= 0.6 is 8.69 Å². The smallest absolute Gasteiger partial charge is 0.395 e. The Morgan fingerprint density at radius 1 is 1.27 bits per heavy atom. The number of rotatable bonds is 3. The molecule has 0 saturated heterocycles. The van der Waals surface area contributed by atoms with E-state index in [1.807, 2.05) is 6.07 Å². The molecule has 0 aliphatic carbocycles. The van der Waals surface area contributed by atoms with Gasteiger partial charge in [-0.3, -0.25) is 0 Å². The topological polar surface area (TPSA) is 35.5 Å². The van der Waals surface area contributed by atoms with Gasteiger partial charge in [-0.05, 0) is 12.1 Å². The van der Waals surface area contributed by atoms with Gasteiger partial charge in [-0.1, -0.05) is 12.1 Å². The minimum atomic E-state index is -0.371. The average molecular weight is 170 g/mol. The molecule has 0 spiro atoms. The minimum Gasteiger partial charge on any atom is -0.493 e. The molecule has 0 unspecified atom stereocenters. The van der Waals surface area contributed by atoms with Crippen LogP contribution in [0.3, 0.4) is 0 Å². The fraction of sp³-hybridized carbons (Fsp3) is 0.143. The lowest BCUT2D eigenvalue weighted by Crippen LogP contribution is -1.85. The first-order valence-electron chi connectivity index (χ1n) is 3.01. The molecule has 0 N–H and O–H groups in total. The van der Waals surface area contributed by atoms with Crippen molar-refractivity contribution >= 4 is 8.69 Å². The third kappa shape index (κ3) is 1.92. The molecule has 1 aromatic rings. The highest BCUT2D eigenvalue weighted by Gasteiger charge is 2.00. The van der Waals surface area contributed by atoms with Crippen LogP contribution in [0.15, 0.2) is 24.3 Å². The third-order valence-electron chi connectivity index (χ3n) is 1.20. The summed E-state index contributed by atoms with van der Waals surface area (Å²) >= 11 is 0. The summed E-state index contributed by atoms with van der Waals surface area (Å²) in [4.78, 5) is 0. The monoisotopic (exact) mass is 170 g/mol. The van der Waals surface area contributed by atoms with Crippen LogP contribution in [0, 0.1) is 0 Å². The van der Waals surface area contributed by atoms with E-state index in [4.69, 9.17) is 9.26 Å². The number of methoxy groups -OCH3 is 1. The summed E-state index contributed by atoms with van der Waals surface area (Å²) in [5.74, 6) is 1.06. The Kier molecular flexibility index (Phi) is 2.87. The van der Waals surface area contributed by atoms with Gasteiger partial charge in [-0.2, -0.15) is 0 Å². The molecular formula is C7H7O3P. The fourth-order valence-corrected chi connectivity index (χ4v) is 0.966. The highest BCUT2D eigenvalue weighted by atomic mass is 31.1. The summed E-state index contributed by atoms with van der Waals surface area (Å²) in [7, 11) is 1.16. The molecule has 0 fully saturated rings. The molecule has 0 radical (unpaired) electrons. The van der Waals surface area contributed by atoms with Crippen molar-refractivity contribution < 1.29 is 13.8 Å². The number of benzene rings is 1. The van der Waals surface area contributed by atoms with Crippen molar-refractivity contribution in [3.8, 4) is 11.5 Å². The number of ether oxygens (including phenoxy) is 1. The summed E-state index contributed by atoms with van der Waals surface area (Å²) in [5.41, 5.74) is 0. The maximum Gasteiger partial charge on any atom is 0.395 e. The Labute approximate surface area is 66.2 Å². The second-order valence-electron chi connectivity index (χ2n) is 1.82. The maximum atomic E-state index is 10.1. The molecule has 0 saturated carbocycles. The molecule has 0 amide bonds. The van der Waals surface area contributed by atoms with Crippen LogP contribution in [0.4, 0.5) is 0 Å². The molecule has 0 bridgehead atoms. The van der Waals surface area contributed by atoms with Gasteiger partial charge in [0.15, 0.2) is 11.5 Å². The van der Waals surface area contributed by atoms with Gasteiger partial charge in [0.25, 0.3) is 0 Å². The number of hydrogen-bond acceptors (Lipinski definition) is 3. The van der Waals surface area contributed by atoms with Crippen molar-refractivity contribution in [2.75, 3.05) is 7.11 Å². The van der Waals surface area contributed by atoms with Gasteiger partial charge in [0, 0.05) is 0 Å². The molecule has 0 aliphatic heterocycles. The summed E-state index contributed by atoms with van der Waals surface area (Å²) in [6.45, 7) is 0. The predicted octanol–water partition coefficient (Wildman–Crippen LogP) is 2.28. The first-order valence-corrected chi connectivity index (χ1v) is 3.74. The van der Waals surface area contributed by atoms with Crippen LogP contribution in [0.2, 0.25) is 0 Å². The number of hydrogen-bond donors (Lipinski definition) is 0. The van der Waals surface area contributed by atoms with Gasteiger partial charge in [0.1, 0.15) is 0 Å². The summed E-state index contributed by atoms with van der Waals surface area (Å²) in [6, 6.07) is 7.01. The van der Waals surface area contributed by atoms with E-state index in [0.717, 1.165) is 0 Å². The molecule has 0 aliphatic rings. The first kappa shape index (κ1) is 8.02. The Balaban J connectivity index is 2.92. The molecule has 1 rings (SSSR count). The zero-order valence-corrected chi connectivity index (χ0v) is 6.88. The van der Waals surface area contributed by atoms with Crippen molar-refractivity contribution in [2.24, 2.45) is 0 Å². The van der Waals surface area contributed by atoms with E-state index in [1.165, 1.54) is 7.11 Å². The number of para-hydroxylation sites is 2. The Morgan fingerprint density at radius 3 is 2.45 bits per heavy atom. The largest absolute Gasteiger partial charge is 0.493 e. The predicted molar refractivity (Wildman–Crippen MR) is 41.2 cm³/mol. The van der Waals surface area contributed by atoms with Gasteiger partial charge < -0.3 is 9.26 Å². The van der Waals surface area contributed by atoms with Crippen LogP contribution < -0.4 is 9.26 Å². The zero-order valence-electron chi connectivity index (χ0n) is 5.98. The van der Waals surface area contributed by atoms with E-state index in [-0.39, 0.29) is 8.69 Å². The third-order valence-corrected chi connectivity index (χ3v) is 1.48. The van der Waals surface area contributed by atoms with Crippen LogP contribution in [0.5, 0.6) is 11.5 Å². The van der Waals surface area contributed by atoms with Crippen molar-refractivity contribution in [3.63, 3.8) is 0 Å². The molecule has 4 heteroatoms. The lowest BCUT2D eigenvalue weighted by atomic mass is 10.3. The summed E-state index contributed by atoms with van der Waals surface area (Å²) in [5, 5.41) is 0. The van der Waals surface area contributed by atoms with Crippen molar-refractivity contribution in [1.82, 2.24) is 0 Å². The fourth-order valence-electron chi connectivity index (χ4n) is 0.734. The van der Waals surface area contributed by atoms with Gasteiger partial charge >= 0.3 is 8.69 Å². The van der Waals surface area contributed by atoms with Crippen LogP contribution in [-0.2, 0) is 4.57 Å². The lowest BCUT2D eigenvalue weighted by Gasteiger charge is -2.02. The van der Waals surface area contributed by atoms with E-state index in [9.17, 15) is 4.57 Å². The molecule has 3 nitrogen and oxygen atoms in total. The first-order chi connectivity index (χ1) is 5.38. The highest BCUT2D eigenvalue weighted by molar-refractivity contribution is 7.17. The van der Waals surface area contributed by atoms with E-state index >= 15 is 0 Å². The Hall–Kier alpha value is -1.08. The maximum absolute atomic E-state index is 10.1. The van der Waals surface area contributed by atoms with Crippen LogP contribution in [0.25, 0.3) is 0 Å².